The lowest BCUT2D eigenvalue weighted by Crippen LogP contribution is -2.49. The summed E-state index contributed by atoms with van der Waals surface area (Å²) in [5.41, 5.74) is 0. The molecule has 19 heavy (non-hydrogen) atoms. The van der Waals surface area contributed by atoms with Gasteiger partial charge in [-0.25, -0.2) is 0 Å². The quantitative estimate of drug-likeness (QED) is 0.687. The molecule has 0 bridgehead atoms. The van der Waals surface area contributed by atoms with Crippen LogP contribution in [0.2, 0.25) is 0 Å². The van der Waals surface area contributed by atoms with Gasteiger partial charge in [-0.05, 0) is 45.7 Å². The molecule has 0 aromatic rings. The Bertz CT molecular complexity index is 253. The van der Waals surface area contributed by atoms with Gasteiger partial charge in [0.1, 0.15) is 6.10 Å². The van der Waals surface area contributed by atoms with E-state index >= 15 is 0 Å². The molecule has 1 fully saturated rings. The largest absolute Gasteiger partial charge is 0.369 e. The zero-order chi connectivity index (χ0) is 14.1. The number of hydrogen-bond acceptors (Lipinski definition) is 3. The van der Waals surface area contributed by atoms with Crippen LogP contribution < -0.4 is 5.32 Å². The topological polar surface area (TPSA) is 41.6 Å². The van der Waals surface area contributed by atoms with Crippen LogP contribution in [0.5, 0.6) is 0 Å². The minimum absolute atomic E-state index is 0.171. The molecule has 1 atom stereocenters. The number of carbonyl (C=O) groups is 1. The number of amides is 1. The first-order valence-electron chi connectivity index (χ1n) is 7.83. The van der Waals surface area contributed by atoms with E-state index in [1.165, 1.54) is 0 Å². The summed E-state index contributed by atoms with van der Waals surface area (Å²) in [5.74, 6) is 0.171. The van der Waals surface area contributed by atoms with E-state index in [2.05, 4.69) is 24.1 Å². The van der Waals surface area contributed by atoms with E-state index in [1.807, 2.05) is 6.92 Å². The van der Waals surface area contributed by atoms with Crippen molar-refractivity contribution in [1.29, 1.82) is 0 Å². The first kappa shape index (κ1) is 16.4. The van der Waals surface area contributed by atoms with Crippen LogP contribution in [0.25, 0.3) is 0 Å². The van der Waals surface area contributed by atoms with E-state index in [0.717, 1.165) is 51.7 Å². The monoisotopic (exact) mass is 270 g/mol. The van der Waals surface area contributed by atoms with Crippen molar-refractivity contribution >= 4 is 5.91 Å². The number of piperidine rings is 1. The maximum absolute atomic E-state index is 12.5. The van der Waals surface area contributed by atoms with Crippen LogP contribution in [-0.4, -0.2) is 49.2 Å². The molecule has 4 nitrogen and oxygen atoms in total. The second-order valence-corrected chi connectivity index (χ2v) is 5.38. The molecule has 1 saturated heterocycles. The second-order valence-electron chi connectivity index (χ2n) is 5.38. The highest BCUT2D eigenvalue weighted by Crippen LogP contribution is 2.15. The second kappa shape index (κ2) is 9.32. The Morgan fingerprint density at radius 3 is 2.58 bits per heavy atom. The standard InChI is InChI=1S/C15H30N2O2/c1-4-6-12-19-13(3)15(18)17(11-5-2)14-7-9-16-10-8-14/h13-14,16H,4-12H2,1-3H3. The summed E-state index contributed by atoms with van der Waals surface area (Å²) >= 11 is 0. The molecule has 0 spiro atoms. The molecule has 0 saturated carbocycles. The molecular formula is C15H30N2O2. The minimum Gasteiger partial charge on any atom is -0.369 e. The smallest absolute Gasteiger partial charge is 0.251 e. The lowest BCUT2D eigenvalue weighted by atomic mass is 10.0. The normalized spacial score (nSPS) is 18.3. The minimum atomic E-state index is -0.298. The number of carbonyl (C=O) groups excluding carboxylic acids is 1. The van der Waals surface area contributed by atoms with E-state index in [0.29, 0.717) is 12.6 Å². The molecule has 1 amide bonds. The first-order valence-corrected chi connectivity index (χ1v) is 7.83. The van der Waals surface area contributed by atoms with Crippen molar-refractivity contribution in [3.8, 4) is 0 Å². The third-order valence-electron chi connectivity index (χ3n) is 3.71. The van der Waals surface area contributed by atoms with Crippen LogP contribution in [0.15, 0.2) is 0 Å². The fraction of sp³-hybridized carbons (Fsp3) is 0.933. The van der Waals surface area contributed by atoms with Gasteiger partial charge in [0.15, 0.2) is 0 Å². The van der Waals surface area contributed by atoms with E-state index in [4.69, 9.17) is 4.74 Å². The SMILES string of the molecule is CCCCOC(C)C(=O)N(CCC)C1CCNCC1. The average molecular weight is 270 g/mol. The summed E-state index contributed by atoms with van der Waals surface area (Å²) in [6.07, 6.45) is 4.97. The van der Waals surface area contributed by atoms with Crippen LogP contribution in [0.4, 0.5) is 0 Å². The Morgan fingerprint density at radius 2 is 2.00 bits per heavy atom. The molecule has 0 aromatic heterocycles. The predicted octanol–water partition coefficient (Wildman–Crippen LogP) is 2.18. The van der Waals surface area contributed by atoms with E-state index in [9.17, 15) is 4.79 Å². The van der Waals surface area contributed by atoms with Gasteiger partial charge in [0.05, 0.1) is 0 Å². The average Bonchev–Trinajstić information content (AvgIpc) is 2.45. The molecule has 1 N–H and O–H groups in total. The fourth-order valence-electron chi connectivity index (χ4n) is 2.54. The first-order chi connectivity index (χ1) is 9.20. The maximum Gasteiger partial charge on any atom is 0.251 e. The highest BCUT2D eigenvalue weighted by molar-refractivity contribution is 5.80. The molecule has 1 unspecified atom stereocenters. The van der Waals surface area contributed by atoms with Gasteiger partial charge in [-0.3, -0.25) is 4.79 Å². The number of ether oxygens (including phenoxy) is 1. The Balaban J connectivity index is 2.50. The molecule has 112 valence electrons. The van der Waals surface area contributed by atoms with Crippen LogP contribution >= 0.6 is 0 Å². The molecule has 4 heteroatoms. The van der Waals surface area contributed by atoms with Gasteiger partial charge in [-0.15, -0.1) is 0 Å². The third-order valence-corrected chi connectivity index (χ3v) is 3.71. The van der Waals surface area contributed by atoms with Gasteiger partial charge in [0.25, 0.3) is 5.91 Å². The number of nitrogens with zero attached hydrogens (tertiary/aromatic N) is 1. The molecule has 0 aromatic carbocycles. The Hall–Kier alpha value is -0.610. The molecule has 1 aliphatic rings. The van der Waals surface area contributed by atoms with Crippen molar-refractivity contribution in [2.24, 2.45) is 0 Å². The van der Waals surface area contributed by atoms with Crippen LogP contribution in [0, 0.1) is 0 Å². The van der Waals surface area contributed by atoms with Crippen molar-refractivity contribution in [1.82, 2.24) is 10.2 Å². The van der Waals surface area contributed by atoms with Gasteiger partial charge < -0.3 is 15.0 Å². The number of rotatable bonds is 8. The summed E-state index contributed by atoms with van der Waals surface area (Å²) in [6.45, 7) is 9.73. The molecular weight excluding hydrogens is 240 g/mol. The Morgan fingerprint density at radius 1 is 1.32 bits per heavy atom. The zero-order valence-electron chi connectivity index (χ0n) is 12.8. The summed E-state index contributed by atoms with van der Waals surface area (Å²) in [4.78, 5) is 14.6. The third kappa shape index (κ3) is 5.49. The Kier molecular flexibility index (Phi) is 8.07. The number of unbranched alkanes of at least 4 members (excludes halogenated alkanes) is 1. The summed E-state index contributed by atoms with van der Waals surface area (Å²) < 4.78 is 5.66. The highest BCUT2D eigenvalue weighted by Gasteiger charge is 2.28. The Labute approximate surface area is 117 Å². The maximum atomic E-state index is 12.5. The molecule has 0 aliphatic carbocycles. The summed E-state index contributed by atoms with van der Waals surface area (Å²) in [6, 6.07) is 0.394. The van der Waals surface area contributed by atoms with Crippen LogP contribution in [-0.2, 0) is 9.53 Å². The van der Waals surface area contributed by atoms with Gasteiger partial charge in [0.2, 0.25) is 0 Å². The van der Waals surface area contributed by atoms with Crippen molar-refractivity contribution in [3.63, 3.8) is 0 Å². The van der Waals surface area contributed by atoms with Crippen LogP contribution in [0.3, 0.4) is 0 Å². The summed E-state index contributed by atoms with van der Waals surface area (Å²) in [7, 11) is 0. The van der Waals surface area contributed by atoms with Crippen molar-refractivity contribution < 1.29 is 9.53 Å². The van der Waals surface area contributed by atoms with Crippen molar-refractivity contribution in [2.45, 2.75) is 65.0 Å². The molecule has 1 aliphatic heterocycles. The highest BCUT2D eigenvalue weighted by atomic mass is 16.5. The fourth-order valence-corrected chi connectivity index (χ4v) is 2.54. The zero-order valence-corrected chi connectivity index (χ0v) is 12.8. The van der Waals surface area contributed by atoms with Crippen molar-refractivity contribution in [2.75, 3.05) is 26.2 Å². The summed E-state index contributed by atoms with van der Waals surface area (Å²) in [5, 5.41) is 3.35. The lowest BCUT2D eigenvalue weighted by molar-refractivity contribution is -0.145. The molecule has 0 radical (unpaired) electrons. The van der Waals surface area contributed by atoms with Gasteiger partial charge in [0, 0.05) is 19.2 Å². The molecule has 1 heterocycles. The van der Waals surface area contributed by atoms with Gasteiger partial charge in [-0.1, -0.05) is 20.3 Å². The number of hydrogen-bond donors (Lipinski definition) is 1. The van der Waals surface area contributed by atoms with E-state index in [1.54, 1.807) is 0 Å². The lowest BCUT2D eigenvalue weighted by Gasteiger charge is -2.36. The van der Waals surface area contributed by atoms with Gasteiger partial charge in [-0.2, -0.15) is 0 Å². The molecule has 1 rings (SSSR count). The van der Waals surface area contributed by atoms with Gasteiger partial charge >= 0.3 is 0 Å². The number of nitrogens with one attached hydrogen (secondary N) is 1. The predicted molar refractivity (Wildman–Crippen MR) is 78.2 cm³/mol. The van der Waals surface area contributed by atoms with E-state index in [-0.39, 0.29) is 12.0 Å². The van der Waals surface area contributed by atoms with Crippen molar-refractivity contribution in [3.05, 3.63) is 0 Å². The van der Waals surface area contributed by atoms with E-state index < -0.39 is 0 Å². The van der Waals surface area contributed by atoms with Crippen LogP contribution in [0.1, 0.15) is 52.9 Å².